The fourth-order valence-electron chi connectivity index (χ4n) is 2.97. The van der Waals surface area contributed by atoms with Crippen molar-refractivity contribution in [1.29, 1.82) is 0 Å². The summed E-state index contributed by atoms with van der Waals surface area (Å²) < 4.78 is 1.20. The molecule has 0 unspecified atom stereocenters. The molecule has 0 radical (unpaired) electrons. The van der Waals surface area contributed by atoms with Gasteiger partial charge in [-0.2, -0.15) is 0 Å². The molecular formula is C18H24BrN5S. The van der Waals surface area contributed by atoms with E-state index < -0.39 is 0 Å². The Balaban J connectivity index is 1.49. The number of hydrogen-bond acceptors (Lipinski definition) is 4. The van der Waals surface area contributed by atoms with E-state index in [0.29, 0.717) is 6.54 Å². The first-order chi connectivity index (χ1) is 12.2. The van der Waals surface area contributed by atoms with Gasteiger partial charge in [-0.25, -0.2) is 0 Å². The van der Waals surface area contributed by atoms with Gasteiger partial charge in [0.1, 0.15) is 0 Å². The SMILES string of the molecule is CN=C(NCc1ncccc1C)N1CCN(Cc2ccc(Br)s2)CC1. The van der Waals surface area contributed by atoms with Crippen molar-refractivity contribution in [3.63, 3.8) is 0 Å². The van der Waals surface area contributed by atoms with Gasteiger partial charge in [0.25, 0.3) is 0 Å². The van der Waals surface area contributed by atoms with Crippen LogP contribution < -0.4 is 5.32 Å². The predicted molar refractivity (Wildman–Crippen MR) is 108 cm³/mol. The van der Waals surface area contributed by atoms with Crippen LogP contribution in [0.1, 0.15) is 16.1 Å². The summed E-state index contributed by atoms with van der Waals surface area (Å²) in [5, 5.41) is 3.45. The number of piperazine rings is 1. The topological polar surface area (TPSA) is 43.8 Å². The first kappa shape index (κ1) is 18.4. The van der Waals surface area contributed by atoms with Gasteiger partial charge >= 0.3 is 0 Å². The molecule has 0 aliphatic carbocycles. The summed E-state index contributed by atoms with van der Waals surface area (Å²) in [6, 6.07) is 8.39. The van der Waals surface area contributed by atoms with E-state index in [9.17, 15) is 0 Å². The van der Waals surface area contributed by atoms with Crippen molar-refractivity contribution in [1.82, 2.24) is 20.1 Å². The number of aromatic nitrogens is 1. The summed E-state index contributed by atoms with van der Waals surface area (Å²) in [5.41, 5.74) is 2.28. The van der Waals surface area contributed by atoms with E-state index >= 15 is 0 Å². The molecule has 5 nitrogen and oxygen atoms in total. The minimum absolute atomic E-state index is 0.711. The maximum atomic E-state index is 4.45. The molecule has 0 spiro atoms. The highest BCUT2D eigenvalue weighted by Crippen LogP contribution is 2.23. The van der Waals surface area contributed by atoms with Crippen LogP contribution in [0.4, 0.5) is 0 Å². The molecule has 0 saturated carbocycles. The molecule has 134 valence electrons. The van der Waals surface area contributed by atoms with Gasteiger partial charge in [-0.3, -0.25) is 14.9 Å². The third kappa shape index (κ3) is 5.03. The molecule has 1 fully saturated rings. The largest absolute Gasteiger partial charge is 0.351 e. The molecule has 3 rings (SSSR count). The van der Waals surface area contributed by atoms with E-state index in [4.69, 9.17) is 0 Å². The number of nitrogens with one attached hydrogen (secondary N) is 1. The van der Waals surface area contributed by atoms with Crippen LogP contribution in [0, 0.1) is 6.92 Å². The molecule has 0 atom stereocenters. The summed E-state index contributed by atoms with van der Waals surface area (Å²) in [4.78, 5) is 15.1. The average molecular weight is 422 g/mol. The highest BCUT2D eigenvalue weighted by Gasteiger charge is 2.20. The molecule has 1 aliphatic rings. The van der Waals surface area contributed by atoms with E-state index in [-0.39, 0.29) is 0 Å². The zero-order valence-corrected chi connectivity index (χ0v) is 17.1. The Hall–Kier alpha value is -1.44. The lowest BCUT2D eigenvalue weighted by atomic mass is 10.2. The molecule has 1 saturated heterocycles. The van der Waals surface area contributed by atoms with E-state index in [1.165, 1.54) is 14.2 Å². The molecule has 0 bridgehead atoms. The van der Waals surface area contributed by atoms with Gasteiger partial charge in [0.2, 0.25) is 0 Å². The molecule has 25 heavy (non-hydrogen) atoms. The second kappa shape index (κ2) is 8.78. The van der Waals surface area contributed by atoms with Gasteiger partial charge in [-0.1, -0.05) is 6.07 Å². The van der Waals surface area contributed by atoms with Gasteiger partial charge < -0.3 is 10.2 Å². The summed E-state index contributed by atoms with van der Waals surface area (Å²) in [7, 11) is 1.85. The van der Waals surface area contributed by atoms with Crippen molar-refractivity contribution in [2.45, 2.75) is 20.0 Å². The maximum absolute atomic E-state index is 4.45. The monoisotopic (exact) mass is 421 g/mol. The van der Waals surface area contributed by atoms with Crippen molar-refractivity contribution < 1.29 is 0 Å². The quantitative estimate of drug-likeness (QED) is 0.608. The fourth-order valence-corrected chi connectivity index (χ4v) is 4.50. The second-order valence-electron chi connectivity index (χ2n) is 6.14. The average Bonchev–Trinajstić information content (AvgIpc) is 3.03. The van der Waals surface area contributed by atoms with Crippen LogP contribution in [0.15, 0.2) is 39.2 Å². The van der Waals surface area contributed by atoms with Gasteiger partial charge in [0.05, 0.1) is 16.0 Å². The highest BCUT2D eigenvalue weighted by atomic mass is 79.9. The van der Waals surface area contributed by atoms with Crippen LogP contribution in [-0.4, -0.2) is 54.0 Å². The number of rotatable bonds is 4. The van der Waals surface area contributed by atoms with E-state index in [0.717, 1.165) is 44.4 Å². The van der Waals surface area contributed by atoms with Crippen LogP contribution in [0.25, 0.3) is 0 Å². The molecule has 2 aromatic rings. The minimum atomic E-state index is 0.711. The van der Waals surface area contributed by atoms with E-state index in [1.807, 2.05) is 30.6 Å². The number of hydrogen-bond donors (Lipinski definition) is 1. The normalized spacial score (nSPS) is 16.3. The van der Waals surface area contributed by atoms with Crippen molar-refractivity contribution >= 4 is 33.2 Å². The molecule has 0 aromatic carbocycles. The molecule has 1 aliphatic heterocycles. The van der Waals surface area contributed by atoms with Gasteiger partial charge in [-0.15, -0.1) is 11.3 Å². The summed E-state index contributed by atoms with van der Waals surface area (Å²) in [5.74, 6) is 0.962. The Morgan fingerprint density at radius 1 is 1.28 bits per heavy atom. The first-order valence-corrected chi connectivity index (χ1v) is 10.1. The Morgan fingerprint density at radius 2 is 2.08 bits per heavy atom. The van der Waals surface area contributed by atoms with Crippen molar-refractivity contribution in [2.24, 2.45) is 4.99 Å². The number of aryl methyl sites for hydroxylation is 1. The minimum Gasteiger partial charge on any atom is -0.351 e. The lowest BCUT2D eigenvalue weighted by Gasteiger charge is -2.36. The van der Waals surface area contributed by atoms with E-state index in [2.05, 4.69) is 66.1 Å². The molecule has 7 heteroatoms. The third-order valence-electron chi connectivity index (χ3n) is 4.42. The van der Waals surface area contributed by atoms with Crippen LogP contribution in [0.3, 0.4) is 0 Å². The van der Waals surface area contributed by atoms with E-state index in [1.54, 1.807) is 0 Å². The van der Waals surface area contributed by atoms with Crippen molar-refractivity contribution in [3.05, 3.63) is 50.4 Å². The fraction of sp³-hybridized carbons (Fsp3) is 0.444. The number of nitrogens with zero attached hydrogens (tertiary/aromatic N) is 4. The number of halogens is 1. The first-order valence-electron chi connectivity index (χ1n) is 8.48. The number of guanidine groups is 1. The van der Waals surface area contributed by atoms with Gasteiger partial charge in [0.15, 0.2) is 5.96 Å². The Labute approximate surface area is 161 Å². The smallest absolute Gasteiger partial charge is 0.194 e. The van der Waals surface area contributed by atoms with Gasteiger partial charge in [-0.05, 0) is 46.6 Å². The Kier molecular flexibility index (Phi) is 6.45. The molecular weight excluding hydrogens is 398 g/mol. The number of thiophene rings is 1. The highest BCUT2D eigenvalue weighted by molar-refractivity contribution is 9.11. The van der Waals surface area contributed by atoms with Crippen molar-refractivity contribution in [3.8, 4) is 0 Å². The summed E-state index contributed by atoms with van der Waals surface area (Å²) in [6.07, 6.45) is 1.84. The number of aliphatic imine (C=N–C) groups is 1. The number of pyridine rings is 1. The summed E-state index contributed by atoms with van der Waals surface area (Å²) >= 11 is 5.36. The Morgan fingerprint density at radius 3 is 2.72 bits per heavy atom. The van der Waals surface area contributed by atoms with Gasteiger partial charge in [0, 0.05) is 50.8 Å². The zero-order valence-electron chi connectivity index (χ0n) is 14.7. The maximum Gasteiger partial charge on any atom is 0.194 e. The van der Waals surface area contributed by atoms with Crippen molar-refractivity contribution in [2.75, 3.05) is 33.2 Å². The standard InChI is InChI=1S/C18H24BrN5S/c1-14-4-3-7-21-16(14)12-22-18(20-2)24-10-8-23(9-11-24)13-15-5-6-17(19)25-15/h3-7H,8-13H2,1-2H3,(H,20,22). The predicted octanol–water partition coefficient (Wildman–Crippen LogP) is 3.11. The zero-order chi connectivity index (χ0) is 17.6. The molecule has 3 heterocycles. The molecule has 0 amide bonds. The van der Waals surface area contributed by atoms with Crippen LogP contribution in [-0.2, 0) is 13.1 Å². The molecule has 1 N–H and O–H groups in total. The van der Waals surface area contributed by atoms with Crippen LogP contribution in [0.2, 0.25) is 0 Å². The summed E-state index contributed by atoms with van der Waals surface area (Å²) in [6.45, 7) is 7.93. The van der Waals surface area contributed by atoms with Crippen LogP contribution >= 0.6 is 27.3 Å². The second-order valence-corrected chi connectivity index (χ2v) is 8.68. The Bertz CT molecular complexity index is 722. The lowest BCUT2D eigenvalue weighted by Crippen LogP contribution is -2.52. The lowest BCUT2D eigenvalue weighted by molar-refractivity contribution is 0.173. The third-order valence-corrected chi connectivity index (χ3v) is 6.03. The molecule has 2 aromatic heterocycles. The van der Waals surface area contributed by atoms with Crippen LogP contribution in [0.5, 0.6) is 0 Å².